The van der Waals surface area contributed by atoms with Gasteiger partial charge in [0.25, 0.3) is 0 Å². The summed E-state index contributed by atoms with van der Waals surface area (Å²) in [5.74, 6) is 1.23. The maximum atomic E-state index is 12.8. The molecular formula is C24H31N5O4S2. The van der Waals surface area contributed by atoms with E-state index in [0.29, 0.717) is 28.6 Å². The van der Waals surface area contributed by atoms with Crippen LogP contribution in [-0.2, 0) is 21.4 Å². The number of ether oxygens (including phenoxy) is 2. The molecule has 0 amide bonds. The third-order valence-corrected chi connectivity index (χ3v) is 8.06. The largest absolute Gasteiger partial charge is 0.497 e. The lowest BCUT2D eigenvalue weighted by Gasteiger charge is -2.34. The van der Waals surface area contributed by atoms with Crippen molar-refractivity contribution >= 4 is 22.2 Å². The van der Waals surface area contributed by atoms with Gasteiger partial charge in [0.15, 0.2) is 5.82 Å². The first kappa shape index (κ1) is 25.5. The Morgan fingerprint density at radius 1 is 1.11 bits per heavy atom. The molecule has 0 bridgehead atoms. The van der Waals surface area contributed by atoms with Crippen molar-refractivity contribution in [3.63, 3.8) is 0 Å². The average molecular weight is 518 g/mol. The van der Waals surface area contributed by atoms with E-state index in [0.717, 1.165) is 18.8 Å². The minimum absolute atomic E-state index is 0.112. The van der Waals surface area contributed by atoms with Crippen LogP contribution in [-0.4, -0.2) is 78.5 Å². The van der Waals surface area contributed by atoms with Crippen LogP contribution in [0.3, 0.4) is 0 Å². The van der Waals surface area contributed by atoms with Gasteiger partial charge in [-0.25, -0.2) is 17.4 Å². The third kappa shape index (κ3) is 5.34. The Hall–Kier alpha value is -2.57. The molecule has 0 spiro atoms. The standard InChI is InChI=1S/C24H31N5O4S2/c1-17-14-27(15-18(2)33-17)16-28-24(34)29(20-9-7-10-21(13-20)32-5)23(25-28)19-8-6-11-22(12-19)35(30,31)26(3)4/h6-13,17-18H,14-16H2,1-5H3/t17-,18-/m1/s1. The quantitative estimate of drug-likeness (QED) is 0.444. The van der Waals surface area contributed by atoms with E-state index in [2.05, 4.69) is 18.7 Å². The van der Waals surface area contributed by atoms with Crippen LogP contribution in [0.15, 0.2) is 53.4 Å². The molecule has 3 aromatic rings. The van der Waals surface area contributed by atoms with Crippen molar-refractivity contribution < 1.29 is 17.9 Å². The molecule has 35 heavy (non-hydrogen) atoms. The first-order valence-corrected chi connectivity index (χ1v) is 13.2. The van der Waals surface area contributed by atoms with Crippen LogP contribution in [0.25, 0.3) is 17.1 Å². The van der Waals surface area contributed by atoms with Gasteiger partial charge in [0.05, 0.1) is 36.6 Å². The summed E-state index contributed by atoms with van der Waals surface area (Å²) in [7, 11) is 1.02. The van der Waals surface area contributed by atoms with Crippen molar-refractivity contribution in [3.05, 3.63) is 53.3 Å². The Bertz CT molecular complexity index is 1360. The summed E-state index contributed by atoms with van der Waals surface area (Å²) in [4.78, 5) is 2.45. The van der Waals surface area contributed by atoms with E-state index < -0.39 is 10.0 Å². The topological polar surface area (TPSA) is 81.8 Å². The predicted octanol–water partition coefficient (Wildman–Crippen LogP) is 3.40. The van der Waals surface area contributed by atoms with Crippen LogP contribution in [0, 0.1) is 4.77 Å². The van der Waals surface area contributed by atoms with Crippen molar-refractivity contribution in [1.82, 2.24) is 23.6 Å². The first-order valence-electron chi connectivity index (χ1n) is 11.3. The maximum absolute atomic E-state index is 12.8. The number of rotatable bonds is 7. The van der Waals surface area contributed by atoms with Gasteiger partial charge in [-0.1, -0.05) is 18.2 Å². The van der Waals surface area contributed by atoms with Gasteiger partial charge in [0.2, 0.25) is 14.8 Å². The van der Waals surface area contributed by atoms with Crippen molar-refractivity contribution in [2.24, 2.45) is 0 Å². The monoisotopic (exact) mass is 517 g/mol. The molecule has 1 aliphatic rings. The Labute approximate surface area is 211 Å². The van der Waals surface area contributed by atoms with Gasteiger partial charge in [-0.05, 0) is 50.3 Å². The molecule has 1 aliphatic heterocycles. The summed E-state index contributed by atoms with van der Waals surface area (Å²) in [6, 6.07) is 14.3. The maximum Gasteiger partial charge on any atom is 0.242 e. The van der Waals surface area contributed by atoms with Gasteiger partial charge in [-0.2, -0.15) is 0 Å². The molecular weight excluding hydrogens is 486 g/mol. The lowest BCUT2D eigenvalue weighted by molar-refractivity contribution is -0.0777. The molecule has 1 saturated heterocycles. The molecule has 2 atom stereocenters. The molecule has 0 N–H and O–H groups in total. The van der Waals surface area contributed by atoms with E-state index in [1.165, 1.54) is 18.4 Å². The van der Waals surface area contributed by atoms with E-state index in [1.807, 2.05) is 34.9 Å². The van der Waals surface area contributed by atoms with Crippen LogP contribution < -0.4 is 4.74 Å². The van der Waals surface area contributed by atoms with E-state index in [9.17, 15) is 8.42 Å². The Morgan fingerprint density at radius 3 is 2.46 bits per heavy atom. The minimum atomic E-state index is -3.61. The summed E-state index contributed by atoms with van der Waals surface area (Å²) >= 11 is 5.89. The fourth-order valence-corrected chi connectivity index (χ4v) is 5.50. The zero-order valence-corrected chi connectivity index (χ0v) is 22.2. The number of hydrogen-bond donors (Lipinski definition) is 0. The highest BCUT2D eigenvalue weighted by molar-refractivity contribution is 7.89. The molecule has 0 unspecified atom stereocenters. The molecule has 11 heteroatoms. The number of benzene rings is 2. The van der Waals surface area contributed by atoms with Gasteiger partial charge in [-0.3, -0.25) is 9.47 Å². The third-order valence-electron chi connectivity index (χ3n) is 5.85. The number of sulfonamides is 1. The highest BCUT2D eigenvalue weighted by Crippen LogP contribution is 2.27. The minimum Gasteiger partial charge on any atom is -0.497 e. The normalized spacial score (nSPS) is 19.3. The highest BCUT2D eigenvalue weighted by Gasteiger charge is 2.25. The fourth-order valence-electron chi connectivity index (χ4n) is 4.26. The van der Waals surface area contributed by atoms with E-state index in [1.54, 1.807) is 30.0 Å². The smallest absolute Gasteiger partial charge is 0.242 e. The fraction of sp³-hybridized carbons (Fsp3) is 0.417. The molecule has 1 aromatic heterocycles. The van der Waals surface area contributed by atoms with E-state index in [4.69, 9.17) is 26.8 Å². The van der Waals surface area contributed by atoms with Crippen LogP contribution in [0.4, 0.5) is 0 Å². The first-order chi connectivity index (χ1) is 16.6. The van der Waals surface area contributed by atoms with Crippen molar-refractivity contribution in [3.8, 4) is 22.8 Å². The molecule has 2 heterocycles. The SMILES string of the molecule is COc1cccc(-n2c(-c3cccc(S(=O)(=O)N(C)C)c3)nn(CN3C[C@@H](C)O[C@H](C)C3)c2=S)c1. The highest BCUT2D eigenvalue weighted by atomic mass is 32.2. The van der Waals surface area contributed by atoms with Gasteiger partial charge in [0, 0.05) is 38.8 Å². The van der Waals surface area contributed by atoms with E-state index >= 15 is 0 Å². The number of aromatic nitrogens is 3. The summed E-state index contributed by atoms with van der Waals surface area (Å²) in [5, 5.41) is 4.87. The summed E-state index contributed by atoms with van der Waals surface area (Å²) in [6.45, 7) is 6.14. The number of hydrogen-bond acceptors (Lipinski definition) is 7. The lowest BCUT2D eigenvalue weighted by Crippen LogP contribution is -2.46. The zero-order chi connectivity index (χ0) is 25.3. The van der Waals surface area contributed by atoms with Crippen molar-refractivity contribution in [2.45, 2.75) is 37.6 Å². The molecule has 188 valence electrons. The van der Waals surface area contributed by atoms with Crippen molar-refractivity contribution in [1.29, 1.82) is 0 Å². The van der Waals surface area contributed by atoms with Gasteiger partial charge >= 0.3 is 0 Å². The van der Waals surface area contributed by atoms with Crippen molar-refractivity contribution in [2.75, 3.05) is 34.3 Å². The second-order valence-corrected chi connectivity index (χ2v) is 11.4. The summed E-state index contributed by atoms with van der Waals surface area (Å²) in [5.41, 5.74) is 1.42. The second kappa shape index (κ2) is 10.2. The van der Waals surface area contributed by atoms with E-state index in [-0.39, 0.29) is 17.1 Å². The second-order valence-electron chi connectivity index (χ2n) is 8.89. The van der Waals surface area contributed by atoms with Crippen LogP contribution in [0.1, 0.15) is 13.8 Å². The van der Waals surface area contributed by atoms with Crippen LogP contribution in [0.2, 0.25) is 0 Å². The molecule has 0 saturated carbocycles. The number of nitrogens with zero attached hydrogens (tertiary/aromatic N) is 5. The van der Waals surface area contributed by atoms with Gasteiger partial charge in [-0.15, -0.1) is 5.10 Å². The van der Waals surface area contributed by atoms with Crippen LogP contribution in [0.5, 0.6) is 5.75 Å². The molecule has 0 aliphatic carbocycles. The predicted molar refractivity (Wildman–Crippen MR) is 137 cm³/mol. The Kier molecular flexibility index (Phi) is 7.43. The average Bonchev–Trinajstić information content (AvgIpc) is 3.14. The Balaban J connectivity index is 1.85. The molecule has 9 nitrogen and oxygen atoms in total. The molecule has 4 rings (SSSR count). The zero-order valence-electron chi connectivity index (χ0n) is 20.6. The number of methoxy groups -OCH3 is 1. The van der Waals surface area contributed by atoms with Gasteiger partial charge in [0.1, 0.15) is 5.75 Å². The van der Waals surface area contributed by atoms with Crippen LogP contribution >= 0.6 is 12.2 Å². The summed E-state index contributed by atoms with van der Waals surface area (Å²) in [6.07, 6.45) is 0.224. The molecule has 1 fully saturated rings. The lowest BCUT2D eigenvalue weighted by atomic mass is 10.2. The number of morpholine rings is 1. The molecule has 2 aromatic carbocycles. The Morgan fingerprint density at radius 2 is 1.80 bits per heavy atom. The summed E-state index contributed by atoms with van der Waals surface area (Å²) < 4.78 is 42.2. The molecule has 0 radical (unpaired) electrons. The van der Waals surface area contributed by atoms with Gasteiger partial charge < -0.3 is 9.47 Å².